The summed E-state index contributed by atoms with van der Waals surface area (Å²) in [5, 5.41) is 4.49. The molecule has 0 N–H and O–H groups in total. The molecule has 19 heavy (non-hydrogen) atoms. The molecular formula is C14H13N3OS. The van der Waals surface area contributed by atoms with Crippen LogP contribution >= 0.6 is 12.6 Å². The largest absolute Gasteiger partial charge is 0.497 e. The van der Waals surface area contributed by atoms with Crippen LogP contribution in [0.3, 0.4) is 0 Å². The van der Waals surface area contributed by atoms with Gasteiger partial charge in [0.15, 0.2) is 5.65 Å². The van der Waals surface area contributed by atoms with E-state index in [4.69, 9.17) is 4.74 Å². The molecule has 2 heterocycles. The minimum Gasteiger partial charge on any atom is -0.497 e. The van der Waals surface area contributed by atoms with E-state index in [1.54, 1.807) is 7.11 Å². The Bertz CT molecular complexity index is 734. The van der Waals surface area contributed by atoms with Crippen LogP contribution in [0.1, 0.15) is 5.69 Å². The molecule has 0 bridgehead atoms. The van der Waals surface area contributed by atoms with Crippen LogP contribution < -0.4 is 4.74 Å². The predicted octanol–water partition coefficient (Wildman–Crippen LogP) is 3.00. The van der Waals surface area contributed by atoms with Crippen LogP contribution in [-0.4, -0.2) is 21.7 Å². The van der Waals surface area contributed by atoms with Crippen molar-refractivity contribution in [3.63, 3.8) is 0 Å². The van der Waals surface area contributed by atoms with E-state index in [1.165, 1.54) is 0 Å². The summed E-state index contributed by atoms with van der Waals surface area (Å²) >= 11 is 4.43. The van der Waals surface area contributed by atoms with Gasteiger partial charge in [-0.25, -0.2) is 9.50 Å². The number of aryl methyl sites for hydroxylation is 1. The van der Waals surface area contributed by atoms with Crippen molar-refractivity contribution in [3.8, 4) is 17.0 Å². The smallest absolute Gasteiger partial charge is 0.167 e. The Labute approximate surface area is 116 Å². The van der Waals surface area contributed by atoms with Gasteiger partial charge in [0.2, 0.25) is 0 Å². The zero-order valence-electron chi connectivity index (χ0n) is 10.7. The monoisotopic (exact) mass is 271 g/mol. The number of thiol groups is 1. The van der Waals surface area contributed by atoms with Crippen LogP contribution in [0.4, 0.5) is 0 Å². The number of ether oxygens (including phenoxy) is 1. The lowest BCUT2D eigenvalue weighted by Crippen LogP contribution is -1.97. The summed E-state index contributed by atoms with van der Waals surface area (Å²) in [6.07, 6.45) is 1.81. The van der Waals surface area contributed by atoms with Crippen LogP contribution in [-0.2, 0) is 0 Å². The Morgan fingerprint density at radius 2 is 1.95 bits per heavy atom. The number of methoxy groups -OCH3 is 1. The predicted molar refractivity (Wildman–Crippen MR) is 77.0 cm³/mol. The quantitative estimate of drug-likeness (QED) is 0.728. The molecule has 0 saturated heterocycles. The third-order valence-electron chi connectivity index (χ3n) is 2.96. The Morgan fingerprint density at radius 1 is 1.21 bits per heavy atom. The summed E-state index contributed by atoms with van der Waals surface area (Å²) in [4.78, 5) is 5.20. The lowest BCUT2D eigenvalue weighted by molar-refractivity contribution is 0.415. The molecule has 0 radical (unpaired) electrons. The first kappa shape index (κ1) is 12.0. The molecule has 1 aromatic carbocycles. The lowest BCUT2D eigenvalue weighted by atomic mass is 10.1. The van der Waals surface area contributed by atoms with E-state index in [9.17, 15) is 0 Å². The number of imidazole rings is 1. The van der Waals surface area contributed by atoms with Crippen molar-refractivity contribution in [2.75, 3.05) is 7.11 Å². The Morgan fingerprint density at radius 3 is 2.63 bits per heavy atom. The van der Waals surface area contributed by atoms with Gasteiger partial charge in [-0.3, -0.25) is 0 Å². The number of hydrogen-bond donors (Lipinski definition) is 1. The number of nitrogens with zero attached hydrogens (tertiary/aromatic N) is 3. The fourth-order valence-electron chi connectivity index (χ4n) is 2.03. The molecule has 96 valence electrons. The average molecular weight is 271 g/mol. The summed E-state index contributed by atoms with van der Waals surface area (Å²) in [7, 11) is 1.65. The second-order valence-corrected chi connectivity index (χ2v) is 4.76. The highest BCUT2D eigenvalue weighted by molar-refractivity contribution is 7.80. The van der Waals surface area contributed by atoms with Crippen molar-refractivity contribution in [1.29, 1.82) is 0 Å². The van der Waals surface area contributed by atoms with Gasteiger partial charge in [-0.15, -0.1) is 12.6 Å². The van der Waals surface area contributed by atoms with Gasteiger partial charge in [-0.1, -0.05) is 0 Å². The van der Waals surface area contributed by atoms with Crippen molar-refractivity contribution in [2.24, 2.45) is 0 Å². The molecule has 0 amide bonds. The zero-order valence-corrected chi connectivity index (χ0v) is 11.6. The highest BCUT2D eigenvalue weighted by atomic mass is 32.1. The number of aromatic nitrogens is 3. The molecule has 5 heteroatoms. The van der Waals surface area contributed by atoms with E-state index in [0.717, 1.165) is 33.2 Å². The topological polar surface area (TPSA) is 39.4 Å². The normalized spacial score (nSPS) is 10.9. The summed E-state index contributed by atoms with van der Waals surface area (Å²) in [6.45, 7) is 1.94. The Kier molecular flexibility index (Phi) is 2.91. The molecule has 0 saturated carbocycles. The molecule has 0 unspecified atom stereocenters. The third kappa shape index (κ3) is 2.06. The number of rotatable bonds is 2. The number of hydrogen-bond acceptors (Lipinski definition) is 4. The number of benzene rings is 1. The summed E-state index contributed by atoms with van der Waals surface area (Å²) in [6, 6.07) is 9.73. The van der Waals surface area contributed by atoms with Crippen LogP contribution in [0.25, 0.3) is 16.9 Å². The molecule has 0 aliphatic rings. The highest BCUT2D eigenvalue weighted by Crippen LogP contribution is 2.25. The van der Waals surface area contributed by atoms with Crippen LogP contribution in [0.2, 0.25) is 0 Å². The second-order valence-electron chi connectivity index (χ2n) is 4.28. The lowest BCUT2D eigenvalue weighted by Gasteiger charge is -2.04. The minimum absolute atomic E-state index is 0.764. The first-order valence-electron chi connectivity index (χ1n) is 5.88. The highest BCUT2D eigenvalue weighted by Gasteiger charge is 2.10. The molecular weight excluding hydrogens is 258 g/mol. The third-order valence-corrected chi connectivity index (χ3v) is 3.29. The van der Waals surface area contributed by atoms with Gasteiger partial charge in [-0.05, 0) is 37.3 Å². The molecule has 0 aliphatic heterocycles. The van der Waals surface area contributed by atoms with Gasteiger partial charge < -0.3 is 4.74 Å². The molecule has 3 aromatic rings. The molecule has 2 aromatic heterocycles. The van der Waals surface area contributed by atoms with E-state index in [0.29, 0.717) is 0 Å². The maximum Gasteiger partial charge on any atom is 0.167 e. The van der Waals surface area contributed by atoms with Gasteiger partial charge in [-0.2, -0.15) is 5.10 Å². The fraction of sp³-hybridized carbons (Fsp3) is 0.143. The summed E-state index contributed by atoms with van der Waals surface area (Å²) in [5.41, 5.74) is 3.65. The van der Waals surface area contributed by atoms with Crippen molar-refractivity contribution in [1.82, 2.24) is 14.6 Å². The van der Waals surface area contributed by atoms with E-state index in [2.05, 4.69) is 22.7 Å². The molecule has 0 spiro atoms. The minimum atomic E-state index is 0.764. The standard InChI is InChI=1S/C14H13N3OS/c1-9-7-13(19)14-15-8-12(17(14)16-9)10-3-5-11(18-2)6-4-10/h3-8,19H,1-2H3. The Balaban J connectivity index is 2.19. The van der Waals surface area contributed by atoms with Gasteiger partial charge in [0.25, 0.3) is 0 Å². The SMILES string of the molecule is COc1ccc(-c2cnc3c(S)cc(C)nn23)cc1. The maximum atomic E-state index is 5.16. The summed E-state index contributed by atoms with van der Waals surface area (Å²) < 4.78 is 6.98. The first-order chi connectivity index (χ1) is 9.19. The van der Waals surface area contributed by atoms with Crippen LogP contribution in [0, 0.1) is 6.92 Å². The van der Waals surface area contributed by atoms with Crippen molar-refractivity contribution < 1.29 is 4.74 Å². The van der Waals surface area contributed by atoms with E-state index in [1.807, 2.05) is 48.0 Å². The molecule has 4 nitrogen and oxygen atoms in total. The van der Waals surface area contributed by atoms with Gasteiger partial charge in [0.1, 0.15) is 5.75 Å². The van der Waals surface area contributed by atoms with Gasteiger partial charge in [0, 0.05) is 5.56 Å². The van der Waals surface area contributed by atoms with Crippen molar-refractivity contribution in [3.05, 3.63) is 42.2 Å². The fourth-order valence-corrected chi connectivity index (χ4v) is 2.37. The average Bonchev–Trinajstić information content (AvgIpc) is 2.83. The zero-order chi connectivity index (χ0) is 13.4. The molecule has 0 aliphatic carbocycles. The van der Waals surface area contributed by atoms with Gasteiger partial charge in [0.05, 0.1) is 29.6 Å². The Hall–Kier alpha value is -2.01. The summed E-state index contributed by atoms with van der Waals surface area (Å²) in [5.74, 6) is 0.830. The van der Waals surface area contributed by atoms with E-state index < -0.39 is 0 Å². The molecule has 3 rings (SSSR count). The first-order valence-corrected chi connectivity index (χ1v) is 6.32. The van der Waals surface area contributed by atoms with Crippen LogP contribution in [0.5, 0.6) is 5.75 Å². The van der Waals surface area contributed by atoms with Crippen LogP contribution in [0.15, 0.2) is 41.4 Å². The molecule has 0 fully saturated rings. The van der Waals surface area contributed by atoms with E-state index in [-0.39, 0.29) is 0 Å². The maximum absolute atomic E-state index is 5.16. The number of fused-ring (bicyclic) bond motifs is 1. The van der Waals surface area contributed by atoms with Crippen molar-refractivity contribution in [2.45, 2.75) is 11.8 Å². The van der Waals surface area contributed by atoms with E-state index >= 15 is 0 Å². The molecule has 0 atom stereocenters. The van der Waals surface area contributed by atoms with Crippen molar-refractivity contribution >= 4 is 18.3 Å². The second kappa shape index (κ2) is 4.59. The van der Waals surface area contributed by atoms with Gasteiger partial charge >= 0.3 is 0 Å².